The van der Waals surface area contributed by atoms with Crippen LogP contribution in [0.2, 0.25) is 0 Å². The maximum atomic E-state index is 12.7. The third-order valence-electron chi connectivity index (χ3n) is 2.82. The largest absolute Gasteiger partial charge is 0.497 e. The predicted molar refractivity (Wildman–Crippen MR) is 59.6 cm³/mol. The number of nitrogens with one attached hydrogen (secondary N) is 1. The number of ether oxygens (including phenoxy) is 2. The van der Waals surface area contributed by atoms with Gasteiger partial charge in [-0.3, -0.25) is 0 Å². The van der Waals surface area contributed by atoms with Crippen molar-refractivity contribution in [2.45, 2.75) is 12.2 Å². The Morgan fingerprint density at radius 3 is 2.67 bits per heavy atom. The molecule has 1 aliphatic heterocycles. The van der Waals surface area contributed by atoms with Crippen LogP contribution >= 0.6 is 0 Å². The Morgan fingerprint density at radius 1 is 1.33 bits per heavy atom. The summed E-state index contributed by atoms with van der Waals surface area (Å²) in [5, 5.41) is 3.12. The summed E-state index contributed by atoms with van der Waals surface area (Å²) in [6.07, 6.45) is -4.38. The van der Waals surface area contributed by atoms with Gasteiger partial charge in [-0.05, 0) is 23.8 Å². The fraction of sp³-hybridized carbons (Fsp3) is 0.500. The quantitative estimate of drug-likeness (QED) is 0.886. The van der Waals surface area contributed by atoms with Gasteiger partial charge >= 0.3 is 6.18 Å². The summed E-state index contributed by atoms with van der Waals surface area (Å²) in [6.45, 7) is 1.57. The number of benzene rings is 1. The first kappa shape index (κ1) is 13.2. The normalized spacial score (nSPS) is 20.8. The summed E-state index contributed by atoms with van der Waals surface area (Å²) in [5.74, 6) is 0.201. The Labute approximate surface area is 103 Å². The molecule has 18 heavy (non-hydrogen) atoms. The van der Waals surface area contributed by atoms with Crippen LogP contribution in [0, 0.1) is 0 Å². The highest BCUT2D eigenvalue weighted by Gasteiger charge is 2.32. The van der Waals surface area contributed by atoms with Crippen molar-refractivity contribution in [2.24, 2.45) is 0 Å². The van der Waals surface area contributed by atoms with E-state index in [9.17, 15) is 13.2 Å². The van der Waals surface area contributed by atoms with Crippen LogP contribution in [-0.2, 0) is 10.9 Å². The van der Waals surface area contributed by atoms with Crippen molar-refractivity contribution in [3.8, 4) is 5.75 Å². The summed E-state index contributed by atoms with van der Waals surface area (Å²) in [7, 11) is 1.35. The maximum absolute atomic E-state index is 12.7. The van der Waals surface area contributed by atoms with Crippen LogP contribution in [0.4, 0.5) is 13.2 Å². The van der Waals surface area contributed by atoms with E-state index in [0.29, 0.717) is 25.3 Å². The number of alkyl halides is 3. The molecule has 0 aliphatic carbocycles. The van der Waals surface area contributed by atoms with Gasteiger partial charge in [-0.2, -0.15) is 13.2 Å². The molecular weight excluding hydrogens is 247 g/mol. The highest BCUT2D eigenvalue weighted by molar-refractivity contribution is 5.37. The fourth-order valence-corrected chi connectivity index (χ4v) is 1.88. The molecule has 1 aromatic rings. The van der Waals surface area contributed by atoms with Crippen LogP contribution in [0.1, 0.15) is 17.2 Å². The van der Waals surface area contributed by atoms with Crippen LogP contribution in [0.15, 0.2) is 18.2 Å². The van der Waals surface area contributed by atoms with Gasteiger partial charge in [0.1, 0.15) is 5.75 Å². The first-order valence-corrected chi connectivity index (χ1v) is 5.58. The van der Waals surface area contributed by atoms with Gasteiger partial charge in [-0.1, -0.05) is 0 Å². The summed E-state index contributed by atoms with van der Waals surface area (Å²) < 4.78 is 48.4. The second kappa shape index (κ2) is 5.16. The lowest BCUT2D eigenvalue weighted by Gasteiger charge is -2.25. The molecule has 0 amide bonds. The highest BCUT2D eigenvalue weighted by Crippen LogP contribution is 2.34. The van der Waals surface area contributed by atoms with E-state index in [0.717, 1.165) is 12.1 Å². The van der Waals surface area contributed by atoms with E-state index in [1.54, 1.807) is 6.07 Å². The minimum atomic E-state index is -4.38. The van der Waals surface area contributed by atoms with Crippen molar-refractivity contribution in [1.29, 1.82) is 0 Å². The molecule has 2 rings (SSSR count). The van der Waals surface area contributed by atoms with Gasteiger partial charge in [0.25, 0.3) is 0 Å². The Balaban J connectivity index is 2.34. The molecule has 6 heteroatoms. The van der Waals surface area contributed by atoms with Crippen LogP contribution in [0.25, 0.3) is 0 Å². The van der Waals surface area contributed by atoms with Gasteiger partial charge in [-0.25, -0.2) is 0 Å². The number of morpholine rings is 1. The van der Waals surface area contributed by atoms with E-state index >= 15 is 0 Å². The van der Waals surface area contributed by atoms with E-state index in [2.05, 4.69) is 5.32 Å². The molecular formula is C12H14F3NO2. The molecule has 0 aromatic heterocycles. The number of hydrogen-bond acceptors (Lipinski definition) is 3. The summed E-state index contributed by atoms with van der Waals surface area (Å²) in [5.41, 5.74) is -0.175. The Morgan fingerprint density at radius 2 is 2.11 bits per heavy atom. The van der Waals surface area contributed by atoms with Crippen molar-refractivity contribution >= 4 is 0 Å². The fourth-order valence-electron chi connectivity index (χ4n) is 1.88. The van der Waals surface area contributed by atoms with Crippen molar-refractivity contribution in [2.75, 3.05) is 26.9 Å². The van der Waals surface area contributed by atoms with Crippen LogP contribution in [0.3, 0.4) is 0 Å². The van der Waals surface area contributed by atoms with Crippen molar-refractivity contribution in [3.63, 3.8) is 0 Å². The topological polar surface area (TPSA) is 30.5 Å². The predicted octanol–water partition coefficient (Wildman–Crippen LogP) is 2.37. The lowest BCUT2D eigenvalue weighted by Crippen LogP contribution is -2.34. The summed E-state index contributed by atoms with van der Waals surface area (Å²) in [4.78, 5) is 0. The summed E-state index contributed by atoms with van der Waals surface area (Å²) >= 11 is 0. The molecule has 0 saturated carbocycles. The van der Waals surface area contributed by atoms with Gasteiger partial charge in [0.15, 0.2) is 0 Å². The standard InChI is InChI=1S/C12H14F3NO2/c1-17-10-5-8(11-7-18-3-2-16-11)4-9(6-10)12(13,14)15/h4-6,11,16H,2-3,7H2,1H3/t11-/m1/s1. The van der Waals surface area contributed by atoms with E-state index in [1.165, 1.54) is 7.11 Å². The second-order valence-corrected chi connectivity index (χ2v) is 4.07. The third kappa shape index (κ3) is 2.94. The lowest BCUT2D eigenvalue weighted by molar-refractivity contribution is -0.137. The molecule has 1 aliphatic rings. The van der Waals surface area contributed by atoms with Crippen molar-refractivity contribution in [1.82, 2.24) is 5.32 Å². The monoisotopic (exact) mass is 261 g/mol. The minimum Gasteiger partial charge on any atom is -0.497 e. The first-order valence-electron chi connectivity index (χ1n) is 5.58. The Hall–Kier alpha value is -1.27. The molecule has 0 radical (unpaired) electrons. The van der Waals surface area contributed by atoms with Gasteiger partial charge in [-0.15, -0.1) is 0 Å². The average molecular weight is 261 g/mol. The Bertz CT molecular complexity index is 414. The molecule has 1 heterocycles. The zero-order chi connectivity index (χ0) is 13.2. The molecule has 100 valence electrons. The number of rotatable bonds is 2. The molecule has 0 spiro atoms. The van der Waals surface area contributed by atoms with Crippen LogP contribution in [-0.4, -0.2) is 26.9 Å². The van der Waals surface area contributed by atoms with Crippen LogP contribution < -0.4 is 10.1 Å². The molecule has 0 bridgehead atoms. The molecule has 1 saturated heterocycles. The third-order valence-corrected chi connectivity index (χ3v) is 2.82. The van der Waals surface area contributed by atoms with Gasteiger partial charge in [0, 0.05) is 6.54 Å². The number of hydrogen-bond donors (Lipinski definition) is 1. The highest BCUT2D eigenvalue weighted by atomic mass is 19.4. The molecule has 0 unspecified atom stereocenters. The minimum absolute atomic E-state index is 0.201. The Kier molecular flexibility index (Phi) is 3.77. The van der Waals surface area contributed by atoms with Gasteiger partial charge < -0.3 is 14.8 Å². The molecule has 3 nitrogen and oxygen atoms in total. The van der Waals surface area contributed by atoms with E-state index in [1.807, 2.05) is 0 Å². The van der Waals surface area contributed by atoms with E-state index < -0.39 is 11.7 Å². The molecule has 1 atom stereocenters. The van der Waals surface area contributed by atoms with Gasteiger partial charge in [0.2, 0.25) is 0 Å². The lowest BCUT2D eigenvalue weighted by atomic mass is 10.0. The second-order valence-electron chi connectivity index (χ2n) is 4.07. The number of methoxy groups -OCH3 is 1. The average Bonchev–Trinajstić information content (AvgIpc) is 2.38. The number of halogens is 3. The molecule has 1 N–H and O–H groups in total. The van der Waals surface area contributed by atoms with Crippen molar-refractivity contribution in [3.05, 3.63) is 29.3 Å². The van der Waals surface area contributed by atoms with E-state index in [4.69, 9.17) is 9.47 Å². The molecule has 1 aromatic carbocycles. The maximum Gasteiger partial charge on any atom is 0.416 e. The summed E-state index contributed by atoms with van der Waals surface area (Å²) in [6, 6.07) is 3.50. The van der Waals surface area contributed by atoms with Crippen molar-refractivity contribution < 1.29 is 22.6 Å². The zero-order valence-electron chi connectivity index (χ0n) is 9.88. The SMILES string of the molecule is COc1cc([C@H]2COCCN2)cc(C(F)(F)F)c1. The molecule has 1 fully saturated rings. The van der Waals surface area contributed by atoms with Crippen LogP contribution in [0.5, 0.6) is 5.75 Å². The first-order chi connectivity index (χ1) is 8.50. The van der Waals surface area contributed by atoms with E-state index in [-0.39, 0.29) is 11.8 Å². The smallest absolute Gasteiger partial charge is 0.416 e. The zero-order valence-corrected chi connectivity index (χ0v) is 9.88. The van der Waals surface area contributed by atoms with Gasteiger partial charge in [0.05, 0.1) is 31.9 Å².